The highest BCUT2D eigenvalue weighted by Crippen LogP contribution is 2.36. The fraction of sp³-hybridized carbons (Fsp3) is 0.231. The van der Waals surface area contributed by atoms with Crippen LogP contribution in [0.1, 0.15) is 10.4 Å². The molecular weight excluding hydrogens is 518 g/mol. The van der Waals surface area contributed by atoms with Gasteiger partial charge in [-0.05, 0) is 18.2 Å². The van der Waals surface area contributed by atoms with Crippen molar-refractivity contribution in [1.29, 1.82) is 0 Å². The topological polar surface area (TPSA) is 145 Å². The molecule has 0 saturated carbocycles. The maximum absolute atomic E-state index is 11.2. The highest BCUT2D eigenvalue weighted by atomic mass is 32.1. The molecule has 4 aromatic heterocycles. The summed E-state index contributed by atoms with van der Waals surface area (Å²) in [7, 11) is 1.92. The van der Waals surface area contributed by atoms with Crippen LogP contribution in [-0.2, 0) is 16.1 Å². The molecule has 5 aromatic rings. The van der Waals surface area contributed by atoms with E-state index in [0.29, 0.717) is 37.1 Å². The molecule has 198 valence electrons. The Kier molecular flexibility index (Phi) is 6.84. The predicted octanol–water partition coefficient (Wildman–Crippen LogP) is 3.02. The first-order chi connectivity index (χ1) is 19.1. The van der Waals surface area contributed by atoms with E-state index in [4.69, 9.17) is 19.9 Å². The van der Waals surface area contributed by atoms with E-state index in [1.807, 2.05) is 36.3 Å². The molecule has 1 aliphatic heterocycles. The van der Waals surface area contributed by atoms with Gasteiger partial charge in [0.05, 0.1) is 41.7 Å². The van der Waals surface area contributed by atoms with Crippen molar-refractivity contribution in [3.05, 3.63) is 59.4 Å². The van der Waals surface area contributed by atoms with Gasteiger partial charge >= 0.3 is 0 Å². The number of aromatic nitrogens is 6. The Bertz CT molecular complexity index is 1660. The zero-order valence-electron chi connectivity index (χ0n) is 21.0. The molecule has 39 heavy (non-hydrogen) atoms. The quantitative estimate of drug-likeness (QED) is 0.159. The number of ether oxygens (including phenoxy) is 1. The molecule has 0 bridgehead atoms. The lowest BCUT2D eigenvalue weighted by Crippen LogP contribution is -2.36. The summed E-state index contributed by atoms with van der Waals surface area (Å²) in [6.07, 6.45) is 7.77. The number of carbonyl (C=O) groups excluding carboxylic acids is 1. The van der Waals surface area contributed by atoms with Crippen LogP contribution in [0.15, 0.2) is 48.9 Å². The summed E-state index contributed by atoms with van der Waals surface area (Å²) in [4.78, 5) is 35.4. The van der Waals surface area contributed by atoms with E-state index >= 15 is 0 Å². The molecule has 6 rings (SSSR count). The third kappa shape index (κ3) is 5.14. The number of nitrogens with zero attached hydrogens (tertiary/aromatic N) is 7. The highest BCUT2D eigenvalue weighted by Gasteiger charge is 2.21. The molecule has 13 heteroatoms. The summed E-state index contributed by atoms with van der Waals surface area (Å²) < 4.78 is 6.63. The normalized spacial score (nSPS) is 13.9. The molecule has 0 radical (unpaired) electrons. The van der Waals surface area contributed by atoms with Crippen molar-refractivity contribution in [3.8, 4) is 11.4 Å². The Balaban J connectivity index is 1.32. The lowest BCUT2D eigenvalue weighted by atomic mass is 10.1. The highest BCUT2D eigenvalue weighted by molar-refractivity contribution is 7.19. The fourth-order valence-electron chi connectivity index (χ4n) is 4.44. The van der Waals surface area contributed by atoms with Crippen LogP contribution in [0.4, 0.5) is 11.8 Å². The van der Waals surface area contributed by atoms with Crippen LogP contribution in [0.25, 0.3) is 38.6 Å². The van der Waals surface area contributed by atoms with Gasteiger partial charge in [-0.3, -0.25) is 15.1 Å². The number of H-pyrrole nitrogens is 1. The largest absolute Gasteiger partial charge is 0.378 e. The van der Waals surface area contributed by atoms with E-state index in [9.17, 15) is 4.79 Å². The van der Waals surface area contributed by atoms with Crippen molar-refractivity contribution in [2.75, 3.05) is 43.2 Å². The third-order valence-corrected chi connectivity index (χ3v) is 7.48. The van der Waals surface area contributed by atoms with Crippen LogP contribution >= 0.6 is 11.3 Å². The first-order valence-corrected chi connectivity index (χ1v) is 13.1. The minimum absolute atomic E-state index is 0.544. The van der Waals surface area contributed by atoms with Crippen LogP contribution in [0.3, 0.4) is 0 Å². The zero-order chi connectivity index (χ0) is 26.8. The number of carbonyl (C=O) groups is 1. The second-order valence-electron chi connectivity index (χ2n) is 9.02. The standard InChI is InChI=1S/C26H25N9O3S/c1-34(26-27-12-16(13-28-26)5-6-22(36)33-37)15-17-11-21-23(39-17)25(35-7-9-38-10-8-35)31-24(30-21)18-3-2-4-20-19(18)14-29-32-20/h2-6,11-14,37H,7-10,15H2,1H3,(H,29,32)(H,33,36). The molecule has 0 aliphatic carbocycles. The van der Waals surface area contributed by atoms with Crippen LogP contribution in [0, 0.1) is 0 Å². The fourth-order valence-corrected chi connectivity index (χ4v) is 5.61. The van der Waals surface area contributed by atoms with Gasteiger partial charge in [-0.2, -0.15) is 5.10 Å². The average molecular weight is 544 g/mol. The summed E-state index contributed by atoms with van der Waals surface area (Å²) in [6.45, 7) is 3.43. The first-order valence-electron chi connectivity index (χ1n) is 12.3. The molecular formula is C26H25N9O3S. The summed E-state index contributed by atoms with van der Waals surface area (Å²) in [5.74, 6) is 1.50. The second-order valence-corrected chi connectivity index (χ2v) is 10.2. The lowest BCUT2D eigenvalue weighted by molar-refractivity contribution is -0.124. The number of aromatic amines is 1. The monoisotopic (exact) mass is 543 g/mol. The number of benzene rings is 1. The van der Waals surface area contributed by atoms with Crippen molar-refractivity contribution in [2.24, 2.45) is 0 Å². The molecule has 12 nitrogen and oxygen atoms in total. The Morgan fingerprint density at radius 3 is 2.85 bits per heavy atom. The Hall–Kier alpha value is -4.46. The van der Waals surface area contributed by atoms with E-state index in [1.54, 1.807) is 29.2 Å². The third-order valence-electron chi connectivity index (χ3n) is 6.37. The number of hydrogen-bond donors (Lipinski definition) is 3. The number of hydroxylamine groups is 1. The molecule has 1 fully saturated rings. The number of amides is 1. The molecule has 1 saturated heterocycles. The van der Waals surface area contributed by atoms with Crippen molar-refractivity contribution >= 4 is 56.2 Å². The molecule has 5 heterocycles. The Morgan fingerprint density at radius 1 is 1.23 bits per heavy atom. The van der Waals surface area contributed by atoms with E-state index in [1.165, 1.54) is 12.2 Å². The maximum atomic E-state index is 11.2. The molecule has 3 N–H and O–H groups in total. The van der Waals surface area contributed by atoms with Gasteiger partial charge in [-0.25, -0.2) is 25.4 Å². The Morgan fingerprint density at radius 2 is 2.05 bits per heavy atom. The van der Waals surface area contributed by atoms with Gasteiger partial charge in [-0.15, -0.1) is 11.3 Å². The summed E-state index contributed by atoms with van der Waals surface area (Å²) >= 11 is 1.66. The molecule has 1 aromatic carbocycles. The van der Waals surface area contributed by atoms with E-state index in [2.05, 4.69) is 31.1 Å². The SMILES string of the molecule is CN(Cc1cc2nc(-c3cccc4[nH]ncc34)nc(N3CCOCC3)c2s1)c1ncc(C=CC(=O)NO)cn1. The lowest BCUT2D eigenvalue weighted by Gasteiger charge is -2.28. The number of morpholine rings is 1. The van der Waals surface area contributed by atoms with Gasteiger partial charge in [0, 0.05) is 60.0 Å². The van der Waals surface area contributed by atoms with Gasteiger partial charge in [0.25, 0.3) is 5.91 Å². The minimum atomic E-state index is -0.620. The van der Waals surface area contributed by atoms with Crippen molar-refractivity contribution < 1.29 is 14.7 Å². The maximum Gasteiger partial charge on any atom is 0.267 e. The number of rotatable bonds is 7. The van der Waals surface area contributed by atoms with Crippen LogP contribution in [0.2, 0.25) is 0 Å². The zero-order valence-corrected chi connectivity index (χ0v) is 21.9. The Labute approximate surface area is 227 Å². The van der Waals surface area contributed by atoms with Gasteiger partial charge < -0.3 is 14.5 Å². The summed E-state index contributed by atoms with van der Waals surface area (Å²) in [5.41, 5.74) is 4.95. The van der Waals surface area contributed by atoms with Gasteiger partial charge in [0.2, 0.25) is 5.95 Å². The molecule has 0 unspecified atom stereocenters. The number of thiophene rings is 1. The molecule has 0 spiro atoms. The first kappa shape index (κ1) is 24.9. The summed E-state index contributed by atoms with van der Waals surface area (Å²) in [5, 5.41) is 16.8. The van der Waals surface area contributed by atoms with E-state index < -0.39 is 5.91 Å². The van der Waals surface area contributed by atoms with Crippen molar-refractivity contribution in [1.82, 2.24) is 35.6 Å². The van der Waals surface area contributed by atoms with Crippen molar-refractivity contribution in [3.63, 3.8) is 0 Å². The number of fused-ring (bicyclic) bond motifs is 2. The van der Waals surface area contributed by atoms with E-state index in [0.717, 1.165) is 50.5 Å². The van der Waals surface area contributed by atoms with Crippen LogP contribution in [-0.4, -0.2) is 74.6 Å². The smallest absolute Gasteiger partial charge is 0.267 e. The number of hydrogen-bond acceptors (Lipinski definition) is 11. The minimum Gasteiger partial charge on any atom is -0.378 e. The predicted molar refractivity (Wildman–Crippen MR) is 149 cm³/mol. The van der Waals surface area contributed by atoms with Crippen LogP contribution in [0.5, 0.6) is 0 Å². The van der Waals surface area contributed by atoms with Crippen LogP contribution < -0.4 is 15.3 Å². The van der Waals surface area contributed by atoms with Gasteiger partial charge in [0.1, 0.15) is 0 Å². The molecule has 1 aliphatic rings. The molecule has 1 amide bonds. The van der Waals surface area contributed by atoms with Gasteiger partial charge in [-0.1, -0.05) is 12.1 Å². The molecule has 0 atom stereocenters. The number of nitrogens with one attached hydrogen (secondary N) is 2. The van der Waals surface area contributed by atoms with E-state index in [-0.39, 0.29) is 0 Å². The van der Waals surface area contributed by atoms with Crippen molar-refractivity contribution in [2.45, 2.75) is 6.54 Å². The second kappa shape index (κ2) is 10.7. The van der Waals surface area contributed by atoms with Gasteiger partial charge in [0.15, 0.2) is 11.6 Å². The summed E-state index contributed by atoms with van der Waals surface area (Å²) in [6, 6.07) is 8.10. The number of anilines is 2. The average Bonchev–Trinajstić information content (AvgIpc) is 3.62.